The molecule has 1 saturated heterocycles. The Morgan fingerprint density at radius 3 is 2.17 bits per heavy atom. The summed E-state index contributed by atoms with van der Waals surface area (Å²) in [5, 5.41) is 0. The van der Waals surface area contributed by atoms with E-state index in [9.17, 15) is 8.42 Å². The number of aryl methyl sites for hydroxylation is 3. The number of aromatic nitrogens is 2. The normalized spacial score (nSPS) is 14.9. The molecule has 1 N–H and O–H groups in total. The zero-order chi connectivity index (χ0) is 17.3. The molecule has 0 radical (unpaired) electrons. The van der Waals surface area contributed by atoms with Gasteiger partial charge >= 0.3 is 0 Å². The van der Waals surface area contributed by atoms with Gasteiger partial charge in [0.05, 0.1) is 23.0 Å². The van der Waals surface area contributed by atoms with Crippen molar-refractivity contribution in [1.29, 1.82) is 0 Å². The lowest BCUT2D eigenvalue weighted by Crippen LogP contribution is -2.21. The average molecular weight is 346 g/mol. The van der Waals surface area contributed by atoms with Crippen LogP contribution in [0.3, 0.4) is 0 Å². The Morgan fingerprint density at radius 1 is 0.958 bits per heavy atom. The first-order valence-corrected chi connectivity index (χ1v) is 9.53. The maximum atomic E-state index is 12.6. The number of benzene rings is 1. The van der Waals surface area contributed by atoms with Gasteiger partial charge in [0.15, 0.2) is 0 Å². The molecule has 0 saturated carbocycles. The van der Waals surface area contributed by atoms with Crippen molar-refractivity contribution in [2.45, 2.75) is 38.5 Å². The molecule has 0 aliphatic carbocycles. The van der Waals surface area contributed by atoms with E-state index in [1.54, 1.807) is 13.0 Å². The quantitative estimate of drug-likeness (QED) is 0.921. The van der Waals surface area contributed by atoms with E-state index < -0.39 is 10.0 Å². The average Bonchev–Trinajstić information content (AvgIpc) is 3.05. The molecule has 128 valence electrons. The van der Waals surface area contributed by atoms with E-state index in [1.165, 1.54) is 12.4 Å². The molecule has 1 aliphatic heterocycles. The van der Waals surface area contributed by atoms with Gasteiger partial charge in [-0.15, -0.1) is 0 Å². The van der Waals surface area contributed by atoms with E-state index in [0.717, 1.165) is 42.6 Å². The van der Waals surface area contributed by atoms with Gasteiger partial charge < -0.3 is 4.90 Å². The molecule has 0 atom stereocenters. The van der Waals surface area contributed by atoms with Gasteiger partial charge in [-0.2, -0.15) is 0 Å². The third-order valence-corrected chi connectivity index (χ3v) is 5.88. The Kier molecular flexibility index (Phi) is 4.45. The molecule has 6 nitrogen and oxygen atoms in total. The lowest BCUT2D eigenvalue weighted by Gasteiger charge is -2.15. The highest BCUT2D eigenvalue weighted by atomic mass is 32.2. The SMILES string of the molecule is Cc1cc(C)c(S(=O)(=O)Nc2cnc(N3CCCC3)nc2)cc1C. The van der Waals surface area contributed by atoms with Crippen molar-refractivity contribution in [2.24, 2.45) is 0 Å². The minimum absolute atomic E-state index is 0.286. The Morgan fingerprint density at radius 2 is 1.54 bits per heavy atom. The fraction of sp³-hybridized carbons (Fsp3) is 0.412. The highest BCUT2D eigenvalue weighted by Gasteiger charge is 2.19. The van der Waals surface area contributed by atoms with E-state index in [1.807, 2.05) is 19.9 Å². The predicted molar refractivity (Wildman–Crippen MR) is 94.9 cm³/mol. The van der Waals surface area contributed by atoms with Crippen LogP contribution in [0.25, 0.3) is 0 Å². The van der Waals surface area contributed by atoms with E-state index >= 15 is 0 Å². The summed E-state index contributed by atoms with van der Waals surface area (Å²) in [6.07, 6.45) is 5.33. The van der Waals surface area contributed by atoms with Crippen molar-refractivity contribution in [3.63, 3.8) is 0 Å². The third-order valence-electron chi connectivity index (χ3n) is 4.36. The summed E-state index contributed by atoms with van der Waals surface area (Å²) < 4.78 is 27.9. The van der Waals surface area contributed by atoms with Gasteiger partial charge in [0, 0.05) is 13.1 Å². The molecule has 24 heavy (non-hydrogen) atoms. The molecule has 0 bridgehead atoms. The molecule has 1 fully saturated rings. The third kappa shape index (κ3) is 3.36. The van der Waals surface area contributed by atoms with E-state index in [-0.39, 0.29) is 4.90 Å². The molecular weight excluding hydrogens is 324 g/mol. The van der Waals surface area contributed by atoms with Crippen LogP contribution in [0.2, 0.25) is 0 Å². The fourth-order valence-corrected chi connectivity index (χ4v) is 4.23. The van der Waals surface area contributed by atoms with Gasteiger partial charge in [0.1, 0.15) is 0 Å². The second-order valence-corrected chi connectivity index (χ2v) is 7.92. The van der Waals surface area contributed by atoms with E-state index in [0.29, 0.717) is 11.6 Å². The summed E-state index contributed by atoms with van der Waals surface area (Å²) in [6.45, 7) is 7.58. The van der Waals surface area contributed by atoms with Crippen molar-refractivity contribution < 1.29 is 8.42 Å². The summed E-state index contributed by atoms with van der Waals surface area (Å²) in [7, 11) is -3.66. The second kappa shape index (κ2) is 6.39. The fourth-order valence-electron chi connectivity index (χ4n) is 2.89. The molecule has 1 aromatic heterocycles. The van der Waals surface area contributed by atoms with Gasteiger partial charge in [-0.25, -0.2) is 18.4 Å². The molecule has 7 heteroatoms. The number of rotatable bonds is 4. The smallest absolute Gasteiger partial charge is 0.262 e. The van der Waals surface area contributed by atoms with Crippen LogP contribution < -0.4 is 9.62 Å². The van der Waals surface area contributed by atoms with Gasteiger partial charge in [-0.3, -0.25) is 4.72 Å². The number of nitrogens with zero attached hydrogens (tertiary/aromatic N) is 3. The van der Waals surface area contributed by atoms with E-state index in [4.69, 9.17) is 0 Å². The van der Waals surface area contributed by atoms with Crippen LogP contribution in [-0.2, 0) is 10.0 Å². The maximum absolute atomic E-state index is 12.6. The lowest BCUT2D eigenvalue weighted by atomic mass is 10.1. The largest absolute Gasteiger partial charge is 0.341 e. The lowest BCUT2D eigenvalue weighted by molar-refractivity contribution is 0.600. The van der Waals surface area contributed by atoms with E-state index in [2.05, 4.69) is 19.6 Å². The first-order valence-electron chi connectivity index (χ1n) is 8.04. The molecule has 0 spiro atoms. The van der Waals surface area contributed by atoms with Crippen molar-refractivity contribution in [3.05, 3.63) is 41.2 Å². The van der Waals surface area contributed by atoms with Crippen LogP contribution >= 0.6 is 0 Å². The Bertz CT molecular complexity index is 842. The number of hydrogen-bond acceptors (Lipinski definition) is 5. The van der Waals surface area contributed by atoms with Gasteiger partial charge in [-0.1, -0.05) is 6.07 Å². The zero-order valence-corrected chi connectivity index (χ0v) is 15.0. The molecule has 2 heterocycles. The van der Waals surface area contributed by atoms with Crippen molar-refractivity contribution >= 4 is 21.7 Å². The molecular formula is C17H22N4O2S. The van der Waals surface area contributed by atoms with Gasteiger partial charge in [0.2, 0.25) is 5.95 Å². The first kappa shape index (κ1) is 16.7. The van der Waals surface area contributed by atoms with Crippen LogP contribution in [-0.4, -0.2) is 31.5 Å². The summed E-state index contributed by atoms with van der Waals surface area (Å²) in [5.41, 5.74) is 3.11. The molecule has 3 rings (SSSR count). The summed E-state index contributed by atoms with van der Waals surface area (Å²) >= 11 is 0. The number of sulfonamides is 1. The number of hydrogen-bond donors (Lipinski definition) is 1. The standard InChI is InChI=1S/C17H22N4O2S/c1-12-8-14(3)16(9-13(12)2)24(22,23)20-15-10-18-17(19-11-15)21-6-4-5-7-21/h8-11,20H,4-7H2,1-3H3. The van der Waals surface area contributed by atoms with Crippen LogP contribution in [0.5, 0.6) is 0 Å². The van der Waals surface area contributed by atoms with Crippen LogP contribution in [0.4, 0.5) is 11.6 Å². The number of anilines is 2. The first-order chi connectivity index (χ1) is 11.4. The van der Waals surface area contributed by atoms with Crippen LogP contribution in [0.1, 0.15) is 29.5 Å². The molecule has 0 unspecified atom stereocenters. The maximum Gasteiger partial charge on any atom is 0.262 e. The molecule has 1 aromatic carbocycles. The Balaban J connectivity index is 1.83. The summed E-state index contributed by atoms with van der Waals surface area (Å²) in [4.78, 5) is 11.0. The van der Waals surface area contributed by atoms with Crippen molar-refractivity contribution in [2.75, 3.05) is 22.7 Å². The highest BCUT2D eigenvalue weighted by Crippen LogP contribution is 2.23. The highest BCUT2D eigenvalue weighted by molar-refractivity contribution is 7.92. The molecule has 2 aromatic rings. The minimum Gasteiger partial charge on any atom is -0.341 e. The van der Waals surface area contributed by atoms with Gasteiger partial charge in [0.25, 0.3) is 10.0 Å². The summed E-state index contributed by atoms with van der Waals surface area (Å²) in [6, 6.07) is 3.59. The monoisotopic (exact) mass is 346 g/mol. The predicted octanol–water partition coefficient (Wildman–Crippen LogP) is 2.80. The molecule has 1 aliphatic rings. The summed E-state index contributed by atoms with van der Waals surface area (Å²) in [5.74, 6) is 0.651. The topological polar surface area (TPSA) is 75.2 Å². The van der Waals surface area contributed by atoms with Crippen LogP contribution in [0, 0.1) is 20.8 Å². The second-order valence-electron chi connectivity index (χ2n) is 6.27. The zero-order valence-electron chi connectivity index (χ0n) is 14.2. The van der Waals surface area contributed by atoms with Crippen molar-refractivity contribution in [1.82, 2.24) is 9.97 Å². The minimum atomic E-state index is -3.66. The Hall–Kier alpha value is -2.15. The van der Waals surface area contributed by atoms with Crippen molar-refractivity contribution in [3.8, 4) is 0 Å². The number of nitrogens with one attached hydrogen (secondary N) is 1. The van der Waals surface area contributed by atoms with Gasteiger partial charge in [-0.05, 0) is 56.4 Å². The molecule has 0 amide bonds. The Labute approximate surface area is 143 Å². The van der Waals surface area contributed by atoms with Crippen LogP contribution in [0.15, 0.2) is 29.4 Å².